The molecule has 0 radical (unpaired) electrons. The summed E-state index contributed by atoms with van der Waals surface area (Å²) in [6, 6.07) is 6.81. The van der Waals surface area contributed by atoms with E-state index in [1.54, 1.807) is 11.5 Å². The molecular weight excluding hydrogens is 312 g/mol. The van der Waals surface area contributed by atoms with Crippen molar-refractivity contribution >= 4 is 33.4 Å². The summed E-state index contributed by atoms with van der Waals surface area (Å²) < 4.78 is 2.60. The Labute approximate surface area is 138 Å². The molecule has 1 aromatic carbocycles. The van der Waals surface area contributed by atoms with Gasteiger partial charge in [-0.3, -0.25) is 4.79 Å². The average molecular weight is 332 g/mol. The number of benzene rings is 1. The van der Waals surface area contributed by atoms with Gasteiger partial charge < -0.3 is 9.67 Å². The third-order valence-corrected chi connectivity index (χ3v) is 5.47. The smallest absolute Gasteiger partial charge is 0.326 e. The summed E-state index contributed by atoms with van der Waals surface area (Å²) in [5.41, 5.74) is 0.808. The molecule has 23 heavy (non-hydrogen) atoms. The zero-order valence-corrected chi connectivity index (χ0v) is 13.9. The van der Waals surface area contributed by atoms with Crippen LogP contribution in [0.5, 0.6) is 0 Å². The number of aromatic nitrogens is 1. The van der Waals surface area contributed by atoms with E-state index >= 15 is 0 Å². The van der Waals surface area contributed by atoms with Gasteiger partial charge in [-0.15, -0.1) is 0 Å². The zero-order chi connectivity index (χ0) is 16.4. The Kier molecular flexibility index (Phi) is 4.61. The predicted octanol–water partition coefficient (Wildman–Crippen LogP) is 3.36. The molecule has 1 aromatic heterocycles. The van der Waals surface area contributed by atoms with E-state index < -0.39 is 12.0 Å². The van der Waals surface area contributed by atoms with Crippen LogP contribution < -0.4 is 4.80 Å². The van der Waals surface area contributed by atoms with Crippen LogP contribution in [0.1, 0.15) is 45.1 Å². The summed E-state index contributed by atoms with van der Waals surface area (Å²) in [6.07, 6.45) is 5.11. The van der Waals surface area contributed by atoms with Gasteiger partial charge in [-0.05, 0) is 31.9 Å². The number of carboxylic acid groups (broad SMARTS) is 1. The number of hydrogen-bond acceptors (Lipinski definition) is 3. The number of hydrogen-bond donors (Lipinski definition) is 1. The molecule has 122 valence electrons. The molecule has 1 atom stereocenters. The van der Waals surface area contributed by atoms with Crippen LogP contribution in [0.4, 0.5) is 0 Å². The lowest BCUT2D eigenvalue weighted by Crippen LogP contribution is -2.27. The van der Waals surface area contributed by atoms with E-state index in [0.29, 0.717) is 4.80 Å². The van der Waals surface area contributed by atoms with E-state index in [1.165, 1.54) is 17.8 Å². The van der Waals surface area contributed by atoms with Crippen LogP contribution in [-0.2, 0) is 9.59 Å². The minimum Gasteiger partial charge on any atom is -0.480 e. The Morgan fingerprint density at radius 1 is 1.26 bits per heavy atom. The fraction of sp³-hybridized carbons (Fsp3) is 0.471. The van der Waals surface area contributed by atoms with Gasteiger partial charge in [-0.25, -0.2) is 4.79 Å². The number of rotatable bonds is 3. The standard InChI is InChI=1S/C17H20N2O3S/c1-11(16(21)22)19-13-9-5-6-10-14(13)23-17(19)18-15(20)12-7-3-2-4-8-12/h5-6,9-12H,2-4,7-8H2,1H3,(H,21,22)/b18-17+. The highest BCUT2D eigenvalue weighted by molar-refractivity contribution is 7.16. The normalized spacial score (nSPS) is 18.2. The third-order valence-electron chi connectivity index (χ3n) is 4.44. The van der Waals surface area contributed by atoms with Crippen LogP contribution in [0.3, 0.4) is 0 Å². The monoisotopic (exact) mass is 332 g/mol. The predicted molar refractivity (Wildman–Crippen MR) is 89.3 cm³/mol. The van der Waals surface area contributed by atoms with Gasteiger partial charge in [0.05, 0.1) is 10.2 Å². The Morgan fingerprint density at radius 2 is 1.96 bits per heavy atom. The van der Waals surface area contributed by atoms with Crippen LogP contribution in [0, 0.1) is 5.92 Å². The van der Waals surface area contributed by atoms with Crippen molar-refractivity contribution in [2.45, 2.75) is 45.1 Å². The van der Waals surface area contributed by atoms with E-state index in [9.17, 15) is 14.7 Å². The molecule has 3 rings (SSSR count). The van der Waals surface area contributed by atoms with Crippen molar-refractivity contribution in [1.29, 1.82) is 0 Å². The van der Waals surface area contributed by atoms with Gasteiger partial charge in [0, 0.05) is 5.92 Å². The maximum atomic E-state index is 12.5. The Balaban J connectivity index is 2.08. The molecule has 1 fully saturated rings. The minimum atomic E-state index is -0.930. The van der Waals surface area contributed by atoms with Crippen molar-refractivity contribution < 1.29 is 14.7 Å². The molecule has 0 aliphatic heterocycles. The number of carbonyl (C=O) groups excluding carboxylic acids is 1. The molecule has 1 unspecified atom stereocenters. The van der Waals surface area contributed by atoms with Gasteiger partial charge in [-0.2, -0.15) is 4.99 Å². The molecular formula is C17H20N2O3S. The first-order chi connectivity index (χ1) is 11.1. The van der Waals surface area contributed by atoms with Gasteiger partial charge in [0.1, 0.15) is 6.04 Å². The second kappa shape index (κ2) is 6.66. The van der Waals surface area contributed by atoms with Gasteiger partial charge in [0.15, 0.2) is 4.80 Å². The Bertz CT molecular complexity index is 800. The van der Waals surface area contributed by atoms with E-state index in [0.717, 1.165) is 35.9 Å². The molecule has 1 saturated carbocycles. The van der Waals surface area contributed by atoms with Crippen LogP contribution in [-0.4, -0.2) is 21.6 Å². The van der Waals surface area contributed by atoms with E-state index in [-0.39, 0.29) is 11.8 Å². The number of para-hydroxylation sites is 1. The number of thiazole rings is 1. The highest BCUT2D eigenvalue weighted by Gasteiger charge is 2.23. The molecule has 1 N–H and O–H groups in total. The SMILES string of the molecule is CC(C(=O)O)n1/c(=N\C(=O)C2CCCCC2)sc2ccccc21. The van der Waals surface area contributed by atoms with Crippen molar-refractivity contribution in [3.8, 4) is 0 Å². The van der Waals surface area contributed by atoms with E-state index in [4.69, 9.17) is 0 Å². The highest BCUT2D eigenvalue weighted by Crippen LogP contribution is 2.25. The molecule has 2 aromatic rings. The zero-order valence-electron chi connectivity index (χ0n) is 13.1. The lowest BCUT2D eigenvalue weighted by atomic mass is 9.89. The fourth-order valence-electron chi connectivity index (χ4n) is 3.09. The van der Waals surface area contributed by atoms with E-state index in [2.05, 4.69) is 4.99 Å². The quantitative estimate of drug-likeness (QED) is 0.937. The van der Waals surface area contributed by atoms with Crippen molar-refractivity contribution in [2.75, 3.05) is 0 Å². The van der Waals surface area contributed by atoms with Gasteiger partial charge >= 0.3 is 5.97 Å². The topological polar surface area (TPSA) is 71.7 Å². The molecule has 1 aliphatic carbocycles. The molecule has 1 heterocycles. The van der Waals surface area contributed by atoms with Crippen LogP contribution in [0.15, 0.2) is 29.3 Å². The summed E-state index contributed by atoms with van der Waals surface area (Å²) in [5.74, 6) is -1.05. The van der Waals surface area contributed by atoms with Crippen LogP contribution in [0.25, 0.3) is 10.2 Å². The number of nitrogens with zero attached hydrogens (tertiary/aromatic N) is 2. The summed E-state index contributed by atoms with van der Waals surface area (Å²) in [5, 5.41) is 9.38. The summed E-state index contributed by atoms with van der Waals surface area (Å²) in [6.45, 7) is 1.62. The van der Waals surface area contributed by atoms with Gasteiger partial charge in [0.25, 0.3) is 5.91 Å². The van der Waals surface area contributed by atoms with Crippen molar-refractivity contribution in [3.05, 3.63) is 29.1 Å². The molecule has 0 spiro atoms. The number of carboxylic acids is 1. The molecule has 6 heteroatoms. The fourth-order valence-corrected chi connectivity index (χ4v) is 4.19. The number of fused-ring (bicyclic) bond motifs is 1. The maximum Gasteiger partial charge on any atom is 0.326 e. The first-order valence-electron chi connectivity index (χ1n) is 7.99. The molecule has 5 nitrogen and oxygen atoms in total. The molecule has 0 bridgehead atoms. The van der Waals surface area contributed by atoms with E-state index in [1.807, 2.05) is 24.3 Å². The Hall–Kier alpha value is -1.95. The first-order valence-corrected chi connectivity index (χ1v) is 8.81. The summed E-state index contributed by atoms with van der Waals surface area (Å²) in [7, 11) is 0. The van der Waals surface area contributed by atoms with Gasteiger partial charge in [0.2, 0.25) is 0 Å². The molecule has 0 saturated heterocycles. The van der Waals surface area contributed by atoms with Crippen LogP contribution >= 0.6 is 11.3 Å². The highest BCUT2D eigenvalue weighted by atomic mass is 32.1. The average Bonchev–Trinajstić information content (AvgIpc) is 2.92. The number of aliphatic carboxylic acids is 1. The van der Waals surface area contributed by atoms with Crippen molar-refractivity contribution in [2.24, 2.45) is 10.9 Å². The number of amides is 1. The van der Waals surface area contributed by atoms with Crippen LogP contribution in [0.2, 0.25) is 0 Å². The first kappa shape index (κ1) is 15.9. The van der Waals surface area contributed by atoms with Crippen molar-refractivity contribution in [1.82, 2.24) is 4.57 Å². The molecule has 1 aliphatic rings. The summed E-state index contributed by atoms with van der Waals surface area (Å²) >= 11 is 1.37. The van der Waals surface area contributed by atoms with Crippen molar-refractivity contribution in [3.63, 3.8) is 0 Å². The third kappa shape index (κ3) is 3.22. The lowest BCUT2D eigenvalue weighted by molar-refractivity contribution is -0.140. The second-order valence-electron chi connectivity index (χ2n) is 6.02. The minimum absolute atomic E-state index is 0.0115. The number of carbonyl (C=O) groups is 2. The molecule has 1 amide bonds. The largest absolute Gasteiger partial charge is 0.480 e. The maximum absolute atomic E-state index is 12.5. The van der Waals surface area contributed by atoms with Gasteiger partial charge in [-0.1, -0.05) is 42.7 Å². The lowest BCUT2D eigenvalue weighted by Gasteiger charge is -2.17. The Morgan fingerprint density at radius 3 is 2.65 bits per heavy atom. The summed E-state index contributed by atoms with van der Waals surface area (Å²) in [4.78, 5) is 28.7. The second-order valence-corrected chi connectivity index (χ2v) is 7.03.